The number of carbonyl (C=O) groups excluding carboxylic acids is 2. The van der Waals surface area contributed by atoms with E-state index in [1.165, 1.54) is 14.0 Å². The fraction of sp³-hybridized carbons (Fsp3) is 0.318. The summed E-state index contributed by atoms with van der Waals surface area (Å²) < 4.78 is 21.0. The number of nitrogens with one attached hydrogen (secondary N) is 1. The van der Waals surface area contributed by atoms with Crippen LogP contribution in [0.15, 0.2) is 42.5 Å². The summed E-state index contributed by atoms with van der Waals surface area (Å²) in [4.78, 5) is 24.3. The number of benzene rings is 2. The third-order valence-electron chi connectivity index (χ3n) is 4.25. The largest absolute Gasteiger partial charge is 0.497 e. The number of esters is 1. The molecule has 0 fully saturated rings. The molecule has 8 heteroatoms. The average molecular weight is 412 g/mol. The van der Waals surface area contributed by atoms with E-state index in [0.717, 1.165) is 5.56 Å². The average Bonchev–Trinajstić information content (AvgIpc) is 2.77. The van der Waals surface area contributed by atoms with Gasteiger partial charge in [-0.15, -0.1) is 0 Å². The second kappa shape index (κ2) is 10.7. The lowest BCUT2D eigenvalue weighted by Crippen LogP contribution is -2.34. The zero-order valence-corrected chi connectivity index (χ0v) is 17.3. The first-order valence-electron chi connectivity index (χ1n) is 9.22. The minimum Gasteiger partial charge on any atom is -0.497 e. The van der Waals surface area contributed by atoms with Crippen molar-refractivity contribution in [3.8, 4) is 23.3 Å². The molecule has 0 unspecified atom stereocenters. The van der Waals surface area contributed by atoms with Crippen LogP contribution in [-0.4, -0.2) is 38.8 Å². The normalized spacial score (nSPS) is 12.1. The summed E-state index contributed by atoms with van der Waals surface area (Å²) >= 11 is 0. The van der Waals surface area contributed by atoms with Gasteiger partial charge in [-0.2, -0.15) is 5.26 Å². The van der Waals surface area contributed by atoms with E-state index >= 15 is 0 Å². The number of methoxy groups -OCH3 is 2. The van der Waals surface area contributed by atoms with Crippen LogP contribution in [0, 0.1) is 11.3 Å². The number of amides is 1. The van der Waals surface area contributed by atoms with Crippen LogP contribution in [0.3, 0.4) is 0 Å². The van der Waals surface area contributed by atoms with Crippen molar-refractivity contribution in [1.29, 1.82) is 5.26 Å². The molecule has 2 atom stereocenters. The molecule has 0 heterocycles. The third-order valence-corrected chi connectivity index (χ3v) is 4.25. The molecule has 0 saturated carbocycles. The Balaban J connectivity index is 1.87. The van der Waals surface area contributed by atoms with Crippen molar-refractivity contribution < 1.29 is 28.5 Å². The Bertz CT molecular complexity index is 920. The Kier molecular flexibility index (Phi) is 8.06. The summed E-state index contributed by atoms with van der Waals surface area (Å²) in [5.41, 5.74) is 1.21. The molecule has 0 aliphatic rings. The van der Waals surface area contributed by atoms with Gasteiger partial charge in [0.25, 0.3) is 5.91 Å². The molecule has 0 spiro atoms. The fourth-order valence-corrected chi connectivity index (χ4v) is 2.65. The lowest BCUT2D eigenvalue weighted by atomic mass is 10.1. The van der Waals surface area contributed by atoms with Crippen molar-refractivity contribution in [3.05, 3.63) is 53.6 Å². The van der Waals surface area contributed by atoms with Crippen molar-refractivity contribution >= 4 is 11.9 Å². The molecule has 2 rings (SSSR count). The predicted octanol–water partition coefficient (Wildman–Crippen LogP) is 2.76. The lowest BCUT2D eigenvalue weighted by Gasteiger charge is -2.19. The van der Waals surface area contributed by atoms with E-state index in [-0.39, 0.29) is 0 Å². The predicted molar refractivity (Wildman–Crippen MR) is 108 cm³/mol. The van der Waals surface area contributed by atoms with Crippen LogP contribution >= 0.6 is 0 Å². The fourth-order valence-electron chi connectivity index (χ4n) is 2.65. The number of carbonyl (C=O) groups is 2. The maximum atomic E-state index is 12.2. The van der Waals surface area contributed by atoms with E-state index in [4.69, 9.17) is 24.2 Å². The Morgan fingerprint density at radius 1 is 1.03 bits per heavy atom. The van der Waals surface area contributed by atoms with Gasteiger partial charge >= 0.3 is 5.97 Å². The second-order valence-electron chi connectivity index (χ2n) is 6.40. The van der Waals surface area contributed by atoms with Gasteiger partial charge < -0.3 is 24.3 Å². The summed E-state index contributed by atoms with van der Waals surface area (Å²) in [6.45, 7) is 2.85. The van der Waals surface area contributed by atoms with E-state index in [0.29, 0.717) is 22.8 Å². The van der Waals surface area contributed by atoms with E-state index in [1.807, 2.05) is 6.07 Å². The summed E-state index contributed by atoms with van der Waals surface area (Å²) in [6, 6.07) is 13.2. The summed E-state index contributed by atoms with van der Waals surface area (Å²) in [7, 11) is 3.09. The smallest absolute Gasteiger partial charge is 0.347 e. The molecule has 158 valence electrons. The highest BCUT2D eigenvalue weighted by atomic mass is 16.6. The molecule has 30 heavy (non-hydrogen) atoms. The Labute approximate surface area is 175 Å². The Hall–Kier alpha value is -3.73. The molecular formula is C22H24N2O6. The maximum Gasteiger partial charge on any atom is 0.347 e. The summed E-state index contributed by atoms with van der Waals surface area (Å²) in [5.74, 6) is 0.506. The van der Waals surface area contributed by atoms with Crippen molar-refractivity contribution in [1.82, 2.24) is 5.32 Å². The van der Waals surface area contributed by atoms with Crippen LogP contribution in [0.2, 0.25) is 0 Å². The molecule has 1 N–H and O–H groups in total. The first-order chi connectivity index (χ1) is 14.4. The highest BCUT2D eigenvalue weighted by Gasteiger charge is 2.20. The molecular weight excluding hydrogens is 388 g/mol. The van der Waals surface area contributed by atoms with Gasteiger partial charge in [-0.25, -0.2) is 4.79 Å². The van der Waals surface area contributed by atoms with Crippen LogP contribution < -0.4 is 19.5 Å². The van der Waals surface area contributed by atoms with Gasteiger partial charge in [-0.05, 0) is 56.3 Å². The summed E-state index contributed by atoms with van der Waals surface area (Å²) in [6.07, 6.45) is -0.915. The molecule has 8 nitrogen and oxygen atoms in total. The molecule has 0 aliphatic heterocycles. The van der Waals surface area contributed by atoms with Crippen LogP contribution in [0.4, 0.5) is 0 Å². The maximum absolute atomic E-state index is 12.2. The zero-order valence-electron chi connectivity index (χ0n) is 17.3. The molecule has 2 aromatic carbocycles. The zero-order chi connectivity index (χ0) is 22.1. The van der Waals surface area contributed by atoms with Gasteiger partial charge in [0, 0.05) is 5.56 Å². The van der Waals surface area contributed by atoms with Crippen molar-refractivity contribution in [2.24, 2.45) is 0 Å². The van der Waals surface area contributed by atoms with E-state index in [9.17, 15) is 9.59 Å². The van der Waals surface area contributed by atoms with Gasteiger partial charge in [-0.1, -0.05) is 0 Å². The van der Waals surface area contributed by atoms with E-state index in [2.05, 4.69) is 5.32 Å². The molecule has 0 saturated heterocycles. The van der Waals surface area contributed by atoms with Gasteiger partial charge in [0.2, 0.25) is 0 Å². The number of nitriles is 1. The number of ether oxygens (including phenoxy) is 4. The highest BCUT2D eigenvalue weighted by Crippen LogP contribution is 2.29. The third kappa shape index (κ3) is 6.14. The quantitative estimate of drug-likeness (QED) is 0.631. The molecule has 1 amide bonds. The standard InChI is InChI=1S/C22H24N2O6/c1-14(19-11-18(27-3)9-10-20(19)28-4)24-21(25)13-29-22(26)15(2)30-17-7-5-16(12-23)6-8-17/h5-11,14-15H,13H2,1-4H3,(H,24,25)/t14-,15-/m1/s1. The summed E-state index contributed by atoms with van der Waals surface area (Å²) in [5, 5.41) is 11.6. The molecule has 0 bridgehead atoms. The van der Waals surface area contributed by atoms with Crippen LogP contribution in [0.25, 0.3) is 0 Å². The van der Waals surface area contributed by atoms with Crippen molar-refractivity contribution in [2.45, 2.75) is 26.0 Å². The number of rotatable bonds is 9. The Morgan fingerprint density at radius 3 is 2.30 bits per heavy atom. The highest BCUT2D eigenvalue weighted by molar-refractivity contribution is 5.82. The number of nitrogens with zero attached hydrogens (tertiary/aromatic N) is 1. The topological polar surface area (TPSA) is 107 Å². The van der Waals surface area contributed by atoms with Gasteiger partial charge in [0.1, 0.15) is 17.2 Å². The minimum atomic E-state index is -0.915. The number of hydrogen-bond acceptors (Lipinski definition) is 7. The molecule has 0 aliphatic carbocycles. The first kappa shape index (κ1) is 22.6. The molecule has 0 aromatic heterocycles. The van der Waals surface area contributed by atoms with Crippen LogP contribution in [-0.2, 0) is 14.3 Å². The van der Waals surface area contributed by atoms with Gasteiger partial charge in [0.05, 0.1) is 31.9 Å². The monoisotopic (exact) mass is 412 g/mol. The van der Waals surface area contributed by atoms with Crippen LogP contribution in [0.5, 0.6) is 17.2 Å². The minimum absolute atomic E-state index is 0.395. The van der Waals surface area contributed by atoms with E-state index in [1.54, 1.807) is 56.5 Å². The van der Waals surface area contributed by atoms with E-state index < -0.39 is 30.6 Å². The van der Waals surface area contributed by atoms with Crippen LogP contribution in [0.1, 0.15) is 31.0 Å². The molecule has 0 radical (unpaired) electrons. The van der Waals surface area contributed by atoms with Gasteiger partial charge in [0.15, 0.2) is 12.7 Å². The SMILES string of the molecule is COc1ccc(OC)c([C@@H](C)NC(=O)COC(=O)[C@@H](C)Oc2ccc(C#N)cc2)c1. The van der Waals surface area contributed by atoms with Crippen molar-refractivity contribution in [3.63, 3.8) is 0 Å². The lowest BCUT2D eigenvalue weighted by molar-refractivity contribution is -0.154. The van der Waals surface area contributed by atoms with Crippen molar-refractivity contribution in [2.75, 3.05) is 20.8 Å². The molecule has 2 aromatic rings. The second-order valence-corrected chi connectivity index (χ2v) is 6.40. The Morgan fingerprint density at radius 2 is 1.70 bits per heavy atom. The van der Waals surface area contributed by atoms with Gasteiger partial charge in [-0.3, -0.25) is 4.79 Å². The first-order valence-corrected chi connectivity index (χ1v) is 9.22. The number of hydrogen-bond donors (Lipinski definition) is 1.